The highest BCUT2D eigenvalue weighted by Gasteiger charge is 2.40. The maximum Gasteiger partial charge on any atom is 0.410 e. The van der Waals surface area contributed by atoms with Crippen LogP contribution >= 0.6 is 0 Å². The summed E-state index contributed by atoms with van der Waals surface area (Å²) in [5, 5.41) is 0. The summed E-state index contributed by atoms with van der Waals surface area (Å²) in [6.07, 6.45) is 5.27. The van der Waals surface area contributed by atoms with Gasteiger partial charge in [0, 0.05) is 26.2 Å². The van der Waals surface area contributed by atoms with Gasteiger partial charge in [0.2, 0.25) is 0 Å². The van der Waals surface area contributed by atoms with E-state index in [9.17, 15) is 19.2 Å². The van der Waals surface area contributed by atoms with Crippen molar-refractivity contribution in [3.8, 4) is 0 Å². The van der Waals surface area contributed by atoms with Crippen LogP contribution < -0.4 is 0 Å². The van der Waals surface area contributed by atoms with Crippen LogP contribution in [0.4, 0.5) is 9.59 Å². The molecule has 0 radical (unpaired) electrons. The van der Waals surface area contributed by atoms with Crippen LogP contribution in [0, 0.1) is 23.7 Å². The van der Waals surface area contributed by atoms with Crippen molar-refractivity contribution in [1.82, 2.24) is 9.80 Å². The lowest BCUT2D eigenvalue weighted by molar-refractivity contribution is -0.163. The van der Waals surface area contributed by atoms with Crippen molar-refractivity contribution in [2.24, 2.45) is 23.7 Å². The molecule has 10 nitrogen and oxygen atoms in total. The second kappa shape index (κ2) is 14.5. The molecule has 0 unspecified atom stereocenters. The normalized spacial score (nSPS) is 21.3. The number of carbonyl (C=O) groups excluding carboxylic acids is 4. The van der Waals surface area contributed by atoms with Crippen molar-refractivity contribution in [2.45, 2.75) is 131 Å². The van der Waals surface area contributed by atoms with Crippen molar-refractivity contribution in [1.29, 1.82) is 0 Å². The molecule has 2 amide bonds. The van der Waals surface area contributed by atoms with E-state index in [1.165, 1.54) is 0 Å². The van der Waals surface area contributed by atoms with E-state index in [2.05, 4.69) is 0 Å². The Balaban J connectivity index is 2.17. The Morgan fingerprint density at radius 2 is 0.864 bits per heavy atom. The predicted molar refractivity (Wildman–Crippen MR) is 169 cm³/mol. The summed E-state index contributed by atoms with van der Waals surface area (Å²) in [4.78, 5) is 55.4. The molecule has 0 aromatic heterocycles. The third-order valence-electron chi connectivity index (χ3n) is 7.26. The lowest BCUT2D eigenvalue weighted by Gasteiger charge is -2.28. The van der Waals surface area contributed by atoms with Crippen molar-refractivity contribution >= 4 is 24.1 Å². The molecule has 0 N–H and O–H groups in total. The summed E-state index contributed by atoms with van der Waals surface area (Å²) in [6.45, 7) is 23.9. The van der Waals surface area contributed by atoms with Gasteiger partial charge in [0.15, 0.2) is 0 Å². The number of ether oxygens (including phenoxy) is 4. The number of nitrogens with zero attached hydrogens (tertiary/aromatic N) is 2. The van der Waals surface area contributed by atoms with E-state index >= 15 is 0 Å². The highest BCUT2D eigenvalue weighted by atomic mass is 16.6. The van der Waals surface area contributed by atoms with E-state index in [1.54, 1.807) is 9.80 Å². The number of amides is 2. The predicted octanol–water partition coefficient (Wildman–Crippen LogP) is 6.75. The smallest absolute Gasteiger partial charge is 0.410 e. The van der Waals surface area contributed by atoms with E-state index in [-0.39, 0.29) is 36.0 Å². The number of esters is 2. The molecule has 4 atom stereocenters. The van der Waals surface area contributed by atoms with Gasteiger partial charge in [-0.05, 0) is 121 Å². The topological polar surface area (TPSA) is 112 Å². The standard InChI is InChI=1S/C34H58N2O8/c1-31(2,3)41-27(37)25(23-17-19-35(21-23)29(39)43-33(7,8)9)15-13-14-16-26(28(38)42-32(4,5)6)24-18-20-36(22-24)30(40)44-34(10,11)12/h13-14,23-26H,15-22H2,1-12H3/b14-13+/t23-,24-,25-,26-/m0/s1. The number of hydrogen-bond donors (Lipinski definition) is 0. The molecule has 0 spiro atoms. The summed E-state index contributed by atoms with van der Waals surface area (Å²) < 4.78 is 22.7. The number of rotatable bonds is 8. The summed E-state index contributed by atoms with van der Waals surface area (Å²) in [7, 11) is 0. The van der Waals surface area contributed by atoms with Crippen LogP contribution in [0.2, 0.25) is 0 Å². The molecule has 0 aromatic rings. The summed E-state index contributed by atoms with van der Waals surface area (Å²) in [5.41, 5.74) is -2.49. The molecule has 2 fully saturated rings. The molecule has 10 heteroatoms. The average molecular weight is 623 g/mol. The van der Waals surface area contributed by atoms with Gasteiger partial charge in [-0.3, -0.25) is 9.59 Å². The maximum absolute atomic E-state index is 13.3. The van der Waals surface area contributed by atoms with Crippen LogP contribution in [0.5, 0.6) is 0 Å². The Labute approximate surface area is 265 Å². The Hall–Kier alpha value is -2.78. The van der Waals surface area contributed by atoms with Gasteiger partial charge in [-0.2, -0.15) is 0 Å². The average Bonchev–Trinajstić information content (AvgIpc) is 3.47. The van der Waals surface area contributed by atoms with Crippen LogP contribution in [0.1, 0.15) is 109 Å². The molecule has 252 valence electrons. The van der Waals surface area contributed by atoms with Gasteiger partial charge in [-0.15, -0.1) is 0 Å². The number of hydrogen-bond acceptors (Lipinski definition) is 8. The second-order valence-corrected chi connectivity index (χ2v) is 16.2. The van der Waals surface area contributed by atoms with Gasteiger partial charge in [-0.1, -0.05) is 12.2 Å². The third kappa shape index (κ3) is 13.1. The number of likely N-dealkylation sites (tertiary alicyclic amines) is 2. The summed E-state index contributed by atoms with van der Waals surface area (Å²) >= 11 is 0. The largest absolute Gasteiger partial charge is 0.460 e. The molecular weight excluding hydrogens is 564 g/mol. The fraction of sp³-hybridized carbons (Fsp3) is 0.824. The molecule has 0 aliphatic carbocycles. The van der Waals surface area contributed by atoms with E-state index in [0.717, 1.165) is 0 Å². The first-order valence-electron chi connectivity index (χ1n) is 16.0. The molecule has 2 aliphatic heterocycles. The molecule has 44 heavy (non-hydrogen) atoms. The van der Waals surface area contributed by atoms with Gasteiger partial charge in [0.05, 0.1) is 11.8 Å². The van der Waals surface area contributed by atoms with Crippen LogP contribution in [0.3, 0.4) is 0 Å². The second-order valence-electron chi connectivity index (χ2n) is 16.2. The highest BCUT2D eigenvalue weighted by Crippen LogP contribution is 2.33. The van der Waals surface area contributed by atoms with E-state index < -0.39 is 34.2 Å². The van der Waals surface area contributed by atoms with Gasteiger partial charge >= 0.3 is 24.1 Å². The molecule has 0 saturated carbocycles. The van der Waals surface area contributed by atoms with Crippen molar-refractivity contribution in [3.63, 3.8) is 0 Å². The lowest BCUT2D eigenvalue weighted by atomic mass is 9.86. The van der Waals surface area contributed by atoms with Gasteiger partial charge < -0.3 is 28.7 Å². The van der Waals surface area contributed by atoms with Gasteiger partial charge in [0.25, 0.3) is 0 Å². The molecule has 2 saturated heterocycles. The third-order valence-corrected chi connectivity index (χ3v) is 7.26. The summed E-state index contributed by atoms with van der Waals surface area (Å²) in [5.74, 6) is -1.67. The van der Waals surface area contributed by atoms with Crippen molar-refractivity contribution in [3.05, 3.63) is 12.2 Å². The number of allylic oxidation sites excluding steroid dienone is 2. The SMILES string of the molecule is CC(C)(C)OC(=O)[C@@H](C/C=C/C[C@H](C(=O)OC(C)(C)C)[C@H]1CCN(C(=O)OC(C)(C)C)C1)[C@H]1CCN(C(=O)OC(C)(C)C)C1. The molecule has 0 aromatic carbocycles. The first kappa shape index (κ1) is 37.4. The van der Waals surface area contributed by atoms with Crippen LogP contribution in [0.25, 0.3) is 0 Å². The van der Waals surface area contributed by atoms with E-state index in [0.29, 0.717) is 51.9 Å². The number of carbonyl (C=O) groups is 4. The Morgan fingerprint density at radius 3 is 1.14 bits per heavy atom. The monoisotopic (exact) mass is 622 g/mol. The van der Waals surface area contributed by atoms with Crippen LogP contribution in [-0.4, -0.2) is 82.5 Å². The van der Waals surface area contributed by atoms with Crippen molar-refractivity contribution < 1.29 is 38.1 Å². The van der Waals surface area contributed by atoms with Gasteiger partial charge in [-0.25, -0.2) is 9.59 Å². The van der Waals surface area contributed by atoms with E-state index in [1.807, 2.05) is 95.2 Å². The Kier molecular flexibility index (Phi) is 12.4. The quantitative estimate of drug-likeness (QED) is 0.166. The molecular formula is C34H58N2O8. The van der Waals surface area contributed by atoms with Crippen molar-refractivity contribution in [2.75, 3.05) is 26.2 Å². The van der Waals surface area contributed by atoms with Crippen LogP contribution in [-0.2, 0) is 28.5 Å². The Bertz CT molecular complexity index is 959. The fourth-order valence-electron chi connectivity index (χ4n) is 5.42. The first-order valence-corrected chi connectivity index (χ1v) is 16.0. The minimum absolute atomic E-state index is 0.0825. The first-order chi connectivity index (χ1) is 19.9. The zero-order valence-corrected chi connectivity index (χ0v) is 29.3. The minimum atomic E-state index is -0.646. The zero-order valence-electron chi connectivity index (χ0n) is 29.3. The molecule has 2 rings (SSSR count). The highest BCUT2D eigenvalue weighted by molar-refractivity contribution is 5.75. The van der Waals surface area contributed by atoms with Crippen LogP contribution in [0.15, 0.2) is 12.2 Å². The minimum Gasteiger partial charge on any atom is -0.460 e. The summed E-state index contributed by atoms with van der Waals surface area (Å²) in [6, 6.07) is 0. The lowest BCUT2D eigenvalue weighted by Crippen LogP contribution is -2.37. The van der Waals surface area contributed by atoms with Gasteiger partial charge in [0.1, 0.15) is 22.4 Å². The zero-order chi connectivity index (χ0) is 33.7. The molecule has 2 heterocycles. The Morgan fingerprint density at radius 1 is 0.568 bits per heavy atom. The molecule has 2 aliphatic rings. The van der Waals surface area contributed by atoms with E-state index in [4.69, 9.17) is 18.9 Å². The molecule has 0 bridgehead atoms. The fourth-order valence-corrected chi connectivity index (χ4v) is 5.42. The maximum atomic E-state index is 13.3.